The summed E-state index contributed by atoms with van der Waals surface area (Å²) in [7, 11) is 0. The van der Waals surface area contributed by atoms with E-state index < -0.39 is 0 Å². The molecule has 7 heteroatoms. The first-order valence-electron chi connectivity index (χ1n) is 8.58. The number of thioether (sulfide) groups is 1. The van der Waals surface area contributed by atoms with Crippen LogP contribution in [0.4, 0.5) is 5.69 Å². The predicted molar refractivity (Wildman–Crippen MR) is 105 cm³/mol. The third-order valence-electron chi connectivity index (χ3n) is 4.32. The molecule has 2 aromatic carbocycles. The number of aromatic nitrogens is 2. The van der Waals surface area contributed by atoms with Gasteiger partial charge in [0.15, 0.2) is 0 Å². The van der Waals surface area contributed by atoms with E-state index in [1.807, 2.05) is 47.3 Å². The molecule has 0 aliphatic carbocycles. The Hall–Kier alpha value is -3.06. The molecule has 0 bridgehead atoms. The first kappa shape index (κ1) is 17.4. The van der Waals surface area contributed by atoms with E-state index >= 15 is 0 Å². The lowest BCUT2D eigenvalue weighted by molar-refractivity contribution is -0.113. The molecule has 1 aromatic heterocycles. The number of nitrogens with zero attached hydrogens (tertiary/aromatic N) is 2. The van der Waals surface area contributed by atoms with Crippen LogP contribution >= 0.6 is 11.8 Å². The minimum atomic E-state index is -0.170. The first-order valence-corrected chi connectivity index (χ1v) is 9.57. The van der Waals surface area contributed by atoms with Gasteiger partial charge in [0.2, 0.25) is 5.91 Å². The summed E-state index contributed by atoms with van der Waals surface area (Å²) in [5.41, 5.74) is 3.38. The number of anilines is 1. The number of nitrogens with one attached hydrogen (secondary N) is 2. The number of fused-ring (bicyclic) bond motifs is 1. The molecule has 0 spiro atoms. The van der Waals surface area contributed by atoms with Crippen LogP contribution in [0.5, 0.6) is 0 Å². The fourth-order valence-electron chi connectivity index (χ4n) is 2.95. The fraction of sp³-hybridized carbons (Fsp3) is 0.150. The van der Waals surface area contributed by atoms with E-state index in [-0.39, 0.29) is 11.8 Å². The summed E-state index contributed by atoms with van der Waals surface area (Å²) in [5.74, 6) is 0.195. The maximum atomic E-state index is 12.6. The Morgan fingerprint density at radius 2 is 2.04 bits per heavy atom. The average Bonchev–Trinajstić information content (AvgIpc) is 3.19. The Bertz CT molecular complexity index is 985. The highest BCUT2D eigenvalue weighted by atomic mass is 32.2. The second-order valence-electron chi connectivity index (χ2n) is 6.20. The molecule has 27 heavy (non-hydrogen) atoms. The Balaban J connectivity index is 1.45. The van der Waals surface area contributed by atoms with Gasteiger partial charge in [-0.15, -0.1) is 11.8 Å². The van der Waals surface area contributed by atoms with Crippen LogP contribution in [0.15, 0.2) is 65.8 Å². The Kier molecular flexibility index (Phi) is 4.93. The SMILES string of the molecule is O=C1CSc2ccc(C(=O)NCc3ccccc3Cn3cccn3)cc2N1. The van der Waals surface area contributed by atoms with Crippen molar-refractivity contribution in [2.24, 2.45) is 0 Å². The second kappa shape index (κ2) is 7.67. The molecule has 1 aliphatic heterocycles. The van der Waals surface area contributed by atoms with Crippen LogP contribution in [0.2, 0.25) is 0 Å². The van der Waals surface area contributed by atoms with E-state index in [0.717, 1.165) is 16.0 Å². The second-order valence-corrected chi connectivity index (χ2v) is 7.22. The van der Waals surface area contributed by atoms with Gasteiger partial charge in [0.25, 0.3) is 5.91 Å². The molecule has 0 saturated heterocycles. The van der Waals surface area contributed by atoms with Crippen molar-refractivity contribution in [3.8, 4) is 0 Å². The lowest BCUT2D eigenvalue weighted by atomic mass is 10.1. The zero-order valence-electron chi connectivity index (χ0n) is 14.5. The molecule has 0 saturated carbocycles. The third-order valence-corrected chi connectivity index (χ3v) is 5.40. The van der Waals surface area contributed by atoms with Gasteiger partial charge in [-0.05, 0) is 35.4 Å². The van der Waals surface area contributed by atoms with Crippen LogP contribution in [0, 0.1) is 0 Å². The van der Waals surface area contributed by atoms with E-state index in [1.165, 1.54) is 11.8 Å². The van der Waals surface area contributed by atoms with Crippen molar-refractivity contribution in [2.75, 3.05) is 11.1 Å². The zero-order valence-corrected chi connectivity index (χ0v) is 15.3. The summed E-state index contributed by atoms with van der Waals surface area (Å²) >= 11 is 1.48. The largest absolute Gasteiger partial charge is 0.348 e. The van der Waals surface area contributed by atoms with E-state index in [0.29, 0.717) is 30.1 Å². The maximum absolute atomic E-state index is 12.6. The third kappa shape index (κ3) is 4.03. The van der Waals surface area contributed by atoms with Crippen molar-refractivity contribution in [2.45, 2.75) is 18.0 Å². The topological polar surface area (TPSA) is 76.0 Å². The Morgan fingerprint density at radius 1 is 1.19 bits per heavy atom. The molecular weight excluding hydrogens is 360 g/mol. The van der Waals surface area contributed by atoms with Gasteiger partial charge in [-0.3, -0.25) is 14.3 Å². The van der Waals surface area contributed by atoms with Gasteiger partial charge in [-0.2, -0.15) is 5.10 Å². The highest BCUT2D eigenvalue weighted by Gasteiger charge is 2.17. The molecule has 2 amide bonds. The zero-order chi connectivity index (χ0) is 18.6. The maximum Gasteiger partial charge on any atom is 0.251 e. The standard InChI is InChI=1S/C20H18N4O2S/c25-19-13-27-18-7-6-14(10-17(18)23-19)20(26)21-11-15-4-1-2-5-16(15)12-24-9-3-8-22-24/h1-10H,11-13H2,(H,21,26)(H,23,25). The molecule has 0 atom stereocenters. The summed E-state index contributed by atoms with van der Waals surface area (Å²) in [6.07, 6.45) is 3.66. The smallest absolute Gasteiger partial charge is 0.251 e. The van der Waals surface area contributed by atoms with Crippen LogP contribution in [-0.4, -0.2) is 27.3 Å². The van der Waals surface area contributed by atoms with Crippen LogP contribution in [0.3, 0.4) is 0 Å². The number of amides is 2. The monoisotopic (exact) mass is 378 g/mol. The molecule has 2 N–H and O–H groups in total. The van der Waals surface area contributed by atoms with Gasteiger partial charge in [-0.1, -0.05) is 24.3 Å². The van der Waals surface area contributed by atoms with Gasteiger partial charge in [0.05, 0.1) is 18.0 Å². The van der Waals surface area contributed by atoms with Gasteiger partial charge >= 0.3 is 0 Å². The minimum absolute atomic E-state index is 0.0439. The molecule has 0 radical (unpaired) electrons. The summed E-state index contributed by atoms with van der Waals surface area (Å²) < 4.78 is 1.85. The van der Waals surface area contributed by atoms with Crippen LogP contribution in [0.1, 0.15) is 21.5 Å². The van der Waals surface area contributed by atoms with Crippen LogP contribution < -0.4 is 10.6 Å². The number of carbonyl (C=O) groups is 2. The first-order chi connectivity index (χ1) is 13.2. The lowest BCUT2D eigenvalue weighted by Gasteiger charge is -2.17. The molecule has 0 fully saturated rings. The van der Waals surface area contributed by atoms with Crippen molar-refractivity contribution in [3.63, 3.8) is 0 Å². The van der Waals surface area contributed by atoms with Crippen LogP contribution in [-0.2, 0) is 17.9 Å². The summed E-state index contributed by atoms with van der Waals surface area (Å²) in [4.78, 5) is 25.1. The average molecular weight is 378 g/mol. The fourth-order valence-corrected chi connectivity index (χ4v) is 3.74. The molecular formula is C20H18N4O2S. The van der Waals surface area contributed by atoms with Gasteiger partial charge in [-0.25, -0.2) is 0 Å². The number of benzene rings is 2. The Morgan fingerprint density at radius 3 is 2.85 bits per heavy atom. The normalized spacial score (nSPS) is 13.0. The number of hydrogen-bond acceptors (Lipinski definition) is 4. The molecule has 3 aromatic rings. The summed E-state index contributed by atoms with van der Waals surface area (Å²) in [5, 5.41) is 10.0. The molecule has 4 rings (SSSR count). The summed E-state index contributed by atoms with van der Waals surface area (Å²) in [6.45, 7) is 1.08. The predicted octanol–water partition coefficient (Wildman–Crippen LogP) is 2.91. The van der Waals surface area contributed by atoms with Crippen molar-refractivity contribution in [3.05, 3.63) is 77.6 Å². The van der Waals surface area contributed by atoms with E-state index in [9.17, 15) is 9.59 Å². The minimum Gasteiger partial charge on any atom is -0.348 e. The van der Waals surface area contributed by atoms with Crippen molar-refractivity contribution in [1.82, 2.24) is 15.1 Å². The van der Waals surface area contributed by atoms with E-state index in [1.54, 1.807) is 18.3 Å². The van der Waals surface area contributed by atoms with Gasteiger partial charge in [0, 0.05) is 29.4 Å². The highest BCUT2D eigenvalue weighted by Crippen LogP contribution is 2.31. The number of hydrogen-bond donors (Lipinski definition) is 2. The van der Waals surface area contributed by atoms with Gasteiger partial charge in [0.1, 0.15) is 0 Å². The molecule has 6 nitrogen and oxygen atoms in total. The van der Waals surface area contributed by atoms with Crippen molar-refractivity contribution >= 4 is 29.3 Å². The van der Waals surface area contributed by atoms with Crippen molar-refractivity contribution < 1.29 is 9.59 Å². The molecule has 136 valence electrons. The molecule has 2 heterocycles. The van der Waals surface area contributed by atoms with Crippen molar-refractivity contribution in [1.29, 1.82) is 0 Å². The molecule has 0 unspecified atom stereocenters. The Labute approximate surface area is 161 Å². The van der Waals surface area contributed by atoms with Gasteiger partial charge < -0.3 is 10.6 Å². The highest BCUT2D eigenvalue weighted by molar-refractivity contribution is 8.00. The quantitative estimate of drug-likeness (QED) is 0.716. The number of rotatable bonds is 5. The lowest BCUT2D eigenvalue weighted by Crippen LogP contribution is -2.24. The van der Waals surface area contributed by atoms with Crippen LogP contribution in [0.25, 0.3) is 0 Å². The summed E-state index contributed by atoms with van der Waals surface area (Å²) in [6, 6.07) is 15.3. The molecule has 1 aliphatic rings. The number of carbonyl (C=O) groups excluding carboxylic acids is 2. The van der Waals surface area contributed by atoms with E-state index in [4.69, 9.17) is 0 Å². The van der Waals surface area contributed by atoms with E-state index in [2.05, 4.69) is 15.7 Å².